The summed E-state index contributed by atoms with van der Waals surface area (Å²) in [6, 6.07) is 13.4. The van der Waals surface area contributed by atoms with Crippen molar-refractivity contribution in [3.05, 3.63) is 65.2 Å². The minimum absolute atomic E-state index is 0.00322. The Balaban J connectivity index is 1.50. The van der Waals surface area contributed by atoms with Crippen molar-refractivity contribution in [2.24, 2.45) is 26.8 Å². The van der Waals surface area contributed by atoms with Gasteiger partial charge in [-0.25, -0.2) is 5.53 Å². The molecule has 0 radical (unpaired) electrons. The maximum absolute atomic E-state index is 14.6. The highest BCUT2D eigenvalue weighted by Crippen LogP contribution is 2.50. The van der Waals surface area contributed by atoms with Crippen LogP contribution in [0.4, 0.5) is 8.78 Å². The van der Waals surface area contributed by atoms with Crippen LogP contribution in [0.3, 0.4) is 0 Å². The predicted octanol–water partition coefficient (Wildman–Crippen LogP) is 6.08. The van der Waals surface area contributed by atoms with E-state index in [2.05, 4.69) is 73.2 Å². The highest BCUT2D eigenvalue weighted by molar-refractivity contribution is 6.46. The highest BCUT2D eigenvalue weighted by Gasteiger charge is 2.52. The number of halogens is 2. The molecule has 2 aromatic carbocycles. The summed E-state index contributed by atoms with van der Waals surface area (Å²) >= 11 is 0. The zero-order valence-electron chi connectivity index (χ0n) is 28.1. The fraction of sp³-hybridized carbons (Fsp3) is 0.543. The quantitative estimate of drug-likeness (QED) is 0.248. The van der Waals surface area contributed by atoms with E-state index in [0.29, 0.717) is 42.1 Å². The number of aliphatic imine (C=N–C) groups is 1. The van der Waals surface area contributed by atoms with E-state index >= 15 is 0 Å². The first-order valence-electron chi connectivity index (χ1n) is 16.3. The minimum atomic E-state index is -2.98. The molecule has 5 rings (SSSR count). The molecule has 2 amide bonds. The fourth-order valence-corrected chi connectivity index (χ4v) is 6.80. The maximum atomic E-state index is 14.6. The van der Waals surface area contributed by atoms with Crippen molar-refractivity contribution in [3.63, 3.8) is 0 Å². The molecule has 0 saturated heterocycles. The first-order chi connectivity index (χ1) is 22.1. The SMILES string of the molecule is CC(C)(C)CC[C@H](c1ccc(C(=O)NCC2=NNNN2)cc1)N1C(=O)C(c2cccc(OC(F)F)c2)=NC12CCC(C(C)(C)C)CC2. The van der Waals surface area contributed by atoms with E-state index in [-0.39, 0.29) is 46.7 Å². The molecule has 1 fully saturated rings. The van der Waals surface area contributed by atoms with Gasteiger partial charge in [-0.15, -0.1) is 10.6 Å². The Labute approximate surface area is 275 Å². The second-order valence-electron chi connectivity index (χ2n) is 15.0. The van der Waals surface area contributed by atoms with E-state index in [4.69, 9.17) is 4.99 Å². The Morgan fingerprint density at radius 3 is 2.38 bits per heavy atom. The monoisotopic (exact) mass is 651 g/mol. The van der Waals surface area contributed by atoms with E-state index < -0.39 is 12.3 Å². The van der Waals surface area contributed by atoms with Gasteiger partial charge in [-0.05, 0) is 85.1 Å². The van der Waals surface area contributed by atoms with Crippen molar-refractivity contribution < 1.29 is 23.1 Å². The summed E-state index contributed by atoms with van der Waals surface area (Å²) < 4.78 is 30.8. The van der Waals surface area contributed by atoms with Crippen LogP contribution in [0.2, 0.25) is 0 Å². The van der Waals surface area contributed by atoms with Crippen LogP contribution in [0, 0.1) is 16.7 Å². The average Bonchev–Trinajstić information content (AvgIpc) is 3.62. The van der Waals surface area contributed by atoms with Crippen LogP contribution in [0.5, 0.6) is 5.75 Å². The Hall–Kier alpha value is -4.06. The van der Waals surface area contributed by atoms with E-state index in [0.717, 1.165) is 24.8 Å². The lowest BCUT2D eigenvalue weighted by molar-refractivity contribution is -0.134. The van der Waals surface area contributed by atoms with Gasteiger partial charge in [0, 0.05) is 11.1 Å². The number of hydrazine groups is 2. The third-order valence-corrected chi connectivity index (χ3v) is 9.44. The number of hydrazone groups is 1. The molecule has 0 aromatic heterocycles. The van der Waals surface area contributed by atoms with Crippen LogP contribution in [0.15, 0.2) is 58.6 Å². The smallest absolute Gasteiger partial charge is 0.387 e. The van der Waals surface area contributed by atoms with Gasteiger partial charge in [-0.2, -0.15) is 8.78 Å². The van der Waals surface area contributed by atoms with Gasteiger partial charge in [-0.3, -0.25) is 20.0 Å². The van der Waals surface area contributed by atoms with Gasteiger partial charge < -0.3 is 15.0 Å². The number of carbonyl (C=O) groups excluding carboxylic acids is 2. The second kappa shape index (κ2) is 13.6. The molecule has 2 aromatic rings. The normalized spacial score (nSPS) is 22.1. The molecule has 2 heterocycles. The van der Waals surface area contributed by atoms with Crippen molar-refractivity contribution in [1.82, 2.24) is 26.7 Å². The van der Waals surface area contributed by atoms with Crippen LogP contribution < -0.4 is 26.5 Å². The van der Waals surface area contributed by atoms with E-state index in [1.54, 1.807) is 24.3 Å². The summed E-state index contributed by atoms with van der Waals surface area (Å²) in [4.78, 5) is 34.7. The first kappa shape index (κ1) is 34.3. The number of alkyl halides is 2. The van der Waals surface area contributed by atoms with Crippen molar-refractivity contribution >= 4 is 23.4 Å². The van der Waals surface area contributed by atoms with Crippen LogP contribution in [0.25, 0.3) is 0 Å². The molecule has 3 aliphatic rings. The van der Waals surface area contributed by atoms with Crippen LogP contribution in [0.1, 0.15) is 108 Å². The standard InChI is InChI=1S/C35H47F2N7O3/c1-33(2,3)17-16-27(22-10-12-23(13-11-22)30(45)38-21-28-40-42-43-41-28)44-31(46)29(24-8-7-9-26(20-24)47-32(36)37)39-35(44)18-14-25(15-19-35)34(4,5)6/h7-13,20,25,27,32,42-43H,14-19,21H2,1-6H3,(H,38,45)(H,40,41)/t25?,27-,35?/m1/s1. The summed E-state index contributed by atoms with van der Waals surface area (Å²) in [5.74, 6) is 0.553. The summed E-state index contributed by atoms with van der Waals surface area (Å²) in [6.07, 6.45) is 4.75. The number of benzene rings is 2. The number of amides is 2. The molecular weight excluding hydrogens is 604 g/mol. The second-order valence-corrected chi connectivity index (χ2v) is 15.0. The maximum Gasteiger partial charge on any atom is 0.387 e. The van der Waals surface area contributed by atoms with E-state index in [1.807, 2.05) is 17.0 Å². The number of hydrogen-bond acceptors (Lipinski definition) is 8. The number of nitrogens with zero attached hydrogens (tertiary/aromatic N) is 3. The van der Waals surface area contributed by atoms with Crippen LogP contribution in [-0.4, -0.2) is 47.1 Å². The third-order valence-electron chi connectivity index (χ3n) is 9.44. The molecule has 47 heavy (non-hydrogen) atoms. The van der Waals surface area contributed by atoms with E-state index in [1.165, 1.54) is 12.1 Å². The van der Waals surface area contributed by atoms with Crippen LogP contribution >= 0.6 is 0 Å². The fourth-order valence-electron chi connectivity index (χ4n) is 6.80. The summed E-state index contributed by atoms with van der Waals surface area (Å²) in [5, 5.41) is 6.82. The Morgan fingerprint density at radius 2 is 1.79 bits per heavy atom. The Morgan fingerprint density at radius 1 is 1.09 bits per heavy atom. The number of carbonyl (C=O) groups is 2. The molecule has 1 aliphatic carbocycles. The summed E-state index contributed by atoms with van der Waals surface area (Å²) in [5.41, 5.74) is 9.48. The molecule has 254 valence electrons. The summed E-state index contributed by atoms with van der Waals surface area (Å²) in [7, 11) is 0. The Bertz CT molecular complexity index is 1500. The molecule has 1 saturated carbocycles. The number of ether oxygens (including phenoxy) is 1. The van der Waals surface area contributed by atoms with Crippen LogP contribution in [-0.2, 0) is 4.79 Å². The van der Waals surface area contributed by atoms with Crippen molar-refractivity contribution in [1.29, 1.82) is 0 Å². The molecule has 12 heteroatoms. The third kappa shape index (κ3) is 8.09. The predicted molar refractivity (Wildman–Crippen MR) is 178 cm³/mol. The van der Waals surface area contributed by atoms with Crippen molar-refractivity contribution in [2.75, 3.05) is 6.54 Å². The van der Waals surface area contributed by atoms with Gasteiger partial charge in [0.05, 0.1) is 12.6 Å². The first-order valence-corrected chi connectivity index (χ1v) is 16.3. The number of nitrogens with one attached hydrogen (secondary N) is 4. The van der Waals surface area contributed by atoms with Crippen molar-refractivity contribution in [3.8, 4) is 5.75 Å². The lowest BCUT2D eigenvalue weighted by atomic mass is 9.69. The Kier molecular flexibility index (Phi) is 9.91. The van der Waals surface area contributed by atoms with E-state index in [9.17, 15) is 18.4 Å². The topological polar surface area (TPSA) is 119 Å². The number of hydrogen-bond donors (Lipinski definition) is 4. The number of amidine groups is 1. The molecular formula is C35H47F2N7O3. The number of rotatable bonds is 10. The zero-order valence-corrected chi connectivity index (χ0v) is 28.1. The zero-order chi connectivity index (χ0) is 34.0. The molecule has 10 nitrogen and oxygen atoms in total. The lowest BCUT2D eigenvalue weighted by Crippen LogP contribution is -2.51. The largest absolute Gasteiger partial charge is 0.435 e. The van der Waals surface area contributed by atoms with Gasteiger partial charge >= 0.3 is 6.61 Å². The van der Waals surface area contributed by atoms with Gasteiger partial charge in [0.25, 0.3) is 11.8 Å². The van der Waals surface area contributed by atoms with Gasteiger partial charge in [0.15, 0.2) is 5.84 Å². The molecule has 0 bridgehead atoms. The molecule has 2 aliphatic heterocycles. The highest BCUT2D eigenvalue weighted by atomic mass is 19.3. The van der Waals surface area contributed by atoms with Gasteiger partial charge in [0.2, 0.25) is 0 Å². The molecule has 1 atom stereocenters. The van der Waals surface area contributed by atoms with Gasteiger partial charge in [-0.1, -0.05) is 65.8 Å². The average molecular weight is 652 g/mol. The summed E-state index contributed by atoms with van der Waals surface area (Å²) in [6.45, 7) is 10.5. The molecule has 4 N–H and O–H groups in total. The lowest BCUT2D eigenvalue weighted by Gasteiger charge is -2.47. The van der Waals surface area contributed by atoms with Crippen molar-refractivity contribution in [2.45, 2.75) is 98.4 Å². The molecule has 1 spiro atoms. The van der Waals surface area contributed by atoms with Gasteiger partial charge in [0.1, 0.15) is 17.1 Å². The minimum Gasteiger partial charge on any atom is -0.435 e. The molecule has 0 unspecified atom stereocenters.